The van der Waals surface area contributed by atoms with Gasteiger partial charge in [-0.15, -0.1) is 0 Å². The van der Waals surface area contributed by atoms with Crippen LogP contribution in [-0.2, 0) is 25.6 Å². The summed E-state index contributed by atoms with van der Waals surface area (Å²) in [5.74, 6) is -0.770. The van der Waals surface area contributed by atoms with Crippen molar-refractivity contribution in [3.05, 3.63) is 65.7 Å². The molecule has 0 bridgehead atoms. The van der Waals surface area contributed by atoms with Crippen molar-refractivity contribution in [3.8, 4) is 5.75 Å². The molecule has 0 aliphatic carbocycles. The number of carbonyl (C=O) groups is 4. The van der Waals surface area contributed by atoms with Gasteiger partial charge in [0.05, 0.1) is 24.3 Å². The first-order valence-corrected chi connectivity index (χ1v) is 14.7. The van der Waals surface area contributed by atoms with Gasteiger partial charge in [0.15, 0.2) is 0 Å². The summed E-state index contributed by atoms with van der Waals surface area (Å²) in [7, 11) is 0. The smallest absolute Gasteiger partial charge is 0.246 e. The highest BCUT2D eigenvalue weighted by atomic mass is 32.1. The van der Waals surface area contributed by atoms with Crippen molar-refractivity contribution in [3.63, 3.8) is 0 Å². The van der Waals surface area contributed by atoms with Crippen molar-refractivity contribution < 1.29 is 29.0 Å². The van der Waals surface area contributed by atoms with Crippen LogP contribution in [0.2, 0.25) is 0 Å². The Morgan fingerprint density at radius 3 is 2.51 bits per heavy atom. The summed E-state index contributed by atoms with van der Waals surface area (Å²) in [6.07, 6.45) is 2.91. The van der Waals surface area contributed by atoms with Crippen LogP contribution in [0.1, 0.15) is 42.9 Å². The van der Waals surface area contributed by atoms with Gasteiger partial charge in [0, 0.05) is 19.5 Å². The van der Waals surface area contributed by atoms with Gasteiger partial charge in [-0.3, -0.25) is 19.2 Å². The topological polar surface area (TPSA) is 137 Å². The van der Waals surface area contributed by atoms with Crippen LogP contribution in [0.3, 0.4) is 0 Å². The van der Waals surface area contributed by atoms with Crippen LogP contribution in [-0.4, -0.2) is 77.8 Å². The molecular weight excluding hydrogens is 544 g/mol. The molecule has 0 saturated carbocycles. The first kappa shape index (κ1) is 30.4. The van der Waals surface area contributed by atoms with Crippen LogP contribution in [0.15, 0.2) is 54.6 Å². The second-order valence-corrected chi connectivity index (χ2v) is 10.6. The van der Waals surface area contributed by atoms with E-state index in [1.807, 2.05) is 36.4 Å². The van der Waals surface area contributed by atoms with Crippen LogP contribution in [0.4, 0.5) is 0 Å². The number of nitrogens with zero attached hydrogens (tertiary/aromatic N) is 1. The van der Waals surface area contributed by atoms with Crippen molar-refractivity contribution in [1.82, 2.24) is 20.9 Å². The lowest BCUT2D eigenvalue weighted by molar-refractivity contribution is -0.149. The molecule has 4 rings (SSSR count). The molecule has 0 radical (unpaired) electrons. The summed E-state index contributed by atoms with van der Waals surface area (Å²) < 4.78 is 5.61. The number of unbranched alkanes of at least 4 members (excludes halogenated alkanes) is 2. The molecule has 0 spiro atoms. The summed E-state index contributed by atoms with van der Waals surface area (Å²) in [6, 6.07) is 14.5. The number of benzene rings is 2. The minimum atomic E-state index is -0.757. The number of hydrogen-bond donors (Lipinski definition) is 5. The lowest BCUT2D eigenvalue weighted by Gasteiger charge is -2.38. The van der Waals surface area contributed by atoms with E-state index >= 15 is 0 Å². The van der Waals surface area contributed by atoms with Gasteiger partial charge in [0.2, 0.25) is 23.6 Å². The fourth-order valence-electron chi connectivity index (χ4n) is 5.54. The molecule has 2 fully saturated rings. The number of amides is 4. The normalized spacial score (nSPS) is 21.7. The minimum Gasteiger partial charge on any atom is -0.491 e. The lowest BCUT2D eigenvalue weighted by atomic mass is 9.92. The first-order valence-electron chi connectivity index (χ1n) is 14.1. The molecular formula is C30H38N4O6S. The van der Waals surface area contributed by atoms with Crippen LogP contribution < -0.4 is 20.7 Å². The van der Waals surface area contributed by atoms with Crippen molar-refractivity contribution in [2.75, 3.05) is 32.1 Å². The molecule has 2 aliphatic heterocycles. The standard InChI is InChI=1S/C30H38N4O6S/c35-14-15-40-22-11-7-10-21(17-22)27-23(28(37)32-13-6-2-5-12-31-26(36)19-41)18-25-29(38)33-24(30(39)34(25)27)16-20-8-3-1-4-9-20/h1,3-4,7-11,17,23-25,27,35,41H,2,5-6,12-16,18-19H2,(H,31,36)(H,32,37)(H,33,38)/t23-,24-,25-,27-/m0/s1. The van der Waals surface area contributed by atoms with Crippen LogP contribution in [0.5, 0.6) is 5.75 Å². The SMILES string of the molecule is O=C(CS)NCCCCCNC(=O)[C@H]1C[C@H]2C(=O)N[C@@H](Cc3ccccc3)C(=O)N2[C@H]1c1cccc(OCCO)c1. The third-order valence-electron chi connectivity index (χ3n) is 7.46. The van der Waals surface area contributed by atoms with E-state index in [2.05, 4.69) is 28.6 Å². The Kier molecular flexibility index (Phi) is 11.0. The summed E-state index contributed by atoms with van der Waals surface area (Å²) in [4.78, 5) is 53.6. The number of carbonyl (C=O) groups excluding carboxylic acids is 4. The van der Waals surface area contributed by atoms with E-state index in [0.29, 0.717) is 30.8 Å². The predicted octanol–water partition coefficient (Wildman–Crippen LogP) is 1.39. The second kappa shape index (κ2) is 14.9. The van der Waals surface area contributed by atoms with E-state index in [-0.39, 0.29) is 49.0 Å². The Hall–Kier alpha value is -3.57. The zero-order chi connectivity index (χ0) is 29.2. The lowest BCUT2D eigenvalue weighted by Crippen LogP contribution is -2.62. The Morgan fingerprint density at radius 2 is 1.78 bits per heavy atom. The third-order valence-corrected chi connectivity index (χ3v) is 7.75. The van der Waals surface area contributed by atoms with Gasteiger partial charge in [-0.05, 0) is 48.9 Å². The number of piperazine rings is 1. The molecule has 220 valence electrons. The van der Waals surface area contributed by atoms with E-state index in [4.69, 9.17) is 4.74 Å². The molecule has 10 nitrogen and oxygen atoms in total. The van der Waals surface area contributed by atoms with E-state index in [1.165, 1.54) is 0 Å². The third kappa shape index (κ3) is 7.80. The van der Waals surface area contributed by atoms with Gasteiger partial charge in [0.25, 0.3) is 0 Å². The molecule has 0 unspecified atom stereocenters. The fourth-order valence-corrected chi connectivity index (χ4v) is 5.65. The Labute approximate surface area is 245 Å². The molecule has 4 atom stereocenters. The summed E-state index contributed by atoms with van der Waals surface area (Å²) in [5.41, 5.74) is 1.63. The Morgan fingerprint density at radius 1 is 1.02 bits per heavy atom. The number of thiol groups is 1. The average molecular weight is 583 g/mol. The van der Waals surface area contributed by atoms with Crippen molar-refractivity contribution in [2.45, 2.75) is 50.2 Å². The molecule has 2 aromatic rings. The maximum absolute atomic E-state index is 13.9. The average Bonchev–Trinajstić information content (AvgIpc) is 3.40. The molecule has 2 saturated heterocycles. The molecule has 2 aromatic carbocycles. The van der Waals surface area contributed by atoms with Gasteiger partial charge < -0.3 is 30.7 Å². The number of nitrogens with one attached hydrogen (secondary N) is 3. The zero-order valence-electron chi connectivity index (χ0n) is 23.0. The second-order valence-electron chi connectivity index (χ2n) is 10.3. The molecule has 41 heavy (non-hydrogen) atoms. The monoisotopic (exact) mass is 582 g/mol. The number of fused-ring (bicyclic) bond motifs is 1. The highest BCUT2D eigenvalue weighted by Gasteiger charge is 2.54. The Bertz CT molecular complexity index is 1210. The molecule has 2 aliphatic rings. The van der Waals surface area contributed by atoms with Crippen molar-refractivity contribution >= 4 is 36.3 Å². The van der Waals surface area contributed by atoms with E-state index in [9.17, 15) is 24.3 Å². The van der Waals surface area contributed by atoms with Gasteiger partial charge in [-0.25, -0.2) is 0 Å². The number of hydrogen-bond acceptors (Lipinski definition) is 7. The zero-order valence-corrected chi connectivity index (χ0v) is 23.9. The van der Waals surface area contributed by atoms with Gasteiger partial charge in [0.1, 0.15) is 24.4 Å². The summed E-state index contributed by atoms with van der Waals surface area (Å²) in [5, 5.41) is 17.8. The quantitative estimate of drug-likeness (QED) is 0.169. The Balaban J connectivity index is 1.50. The predicted molar refractivity (Wildman–Crippen MR) is 156 cm³/mol. The number of ether oxygens (including phenoxy) is 1. The van der Waals surface area contributed by atoms with E-state index < -0.39 is 24.0 Å². The maximum atomic E-state index is 13.9. The minimum absolute atomic E-state index is 0.110. The molecule has 4 amide bonds. The highest BCUT2D eigenvalue weighted by Crippen LogP contribution is 2.44. The number of rotatable bonds is 14. The summed E-state index contributed by atoms with van der Waals surface area (Å²) >= 11 is 3.94. The van der Waals surface area contributed by atoms with Crippen LogP contribution >= 0.6 is 12.6 Å². The molecule has 11 heteroatoms. The number of aliphatic hydroxyl groups is 1. The van der Waals surface area contributed by atoms with E-state index in [0.717, 1.165) is 24.8 Å². The van der Waals surface area contributed by atoms with Gasteiger partial charge >= 0.3 is 0 Å². The number of aliphatic hydroxyl groups excluding tert-OH is 1. The van der Waals surface area contributed by atoms with Gasteiger partial charge in [-0.2, -0.15) is 12.6 Å². The maximum Gasteiger partial charge on any atom is 0.246 e. The molecule has 2 heterocycles. The largest absolute Gasteiger partial charge is 0.491 e. The fraction of sp³-hybridized carbons (Fsp3) is 0.467. The molecule has 0 aromatic heterocycles. The highest BCUT2D eigenvalue weighted by molar-refractivity contribution is 7.81. The van der Waals surface area contributed by atoms with Crippen molar-refractivity contribution in [1.29, 1.82) is 0 Å². The van der Waals surface area contributed by atoms with Crippen molar-refractivity contribution in [2.24, 2.45) is 5.92 Å². The summed E-state index contributed by atoms with van der Waals surface area (Å²) in [6.45, 7) is 0.978. The van der Waals surface area contributed by atoms with E-state index in [1.54, 1.807) is 23.1 Å². The van der Waals surface area contributed by atoms with Crippen LogP contribution in [0.25, 0.3) is 0 Å². The van der Waals surface area contributed by atoms with Crippen LogP contribution in [0, 0.1) is 5.92 Å². The molecule has 4 N–H and O–H groups in total. The van der Waals surface area contributed by atoms with Gasteiger partial charge in [-0.1, -0.05) is 42.5 Å². The first-order chi connectivity index (χ1) is 19.9.